The van der Waals surface area contributed by atoms with Gasteiger partial charge in [0.1, 0.15) is 0 Å². The second-order valence-corrected chi connectivity index (χ2v) is 10.2. The molecule has 3 N–H and O–H groups in total. The van der Waals surface area contributed by atoms with Crippen LogP contribution in [0.3, 0.4) is 0 Å². The van der Waals surface area contributed by atoms with Crippen LogP contribution in [-0.4, -0.2) is 44.4 Å². The monoisotopic (exact) mass is 492 g/mol. The predicted molar refractivity (Wildman–Crippen MR) is 136 cm³/mol. The molecule has 0 unspecified atom stereocenters. The van der Waals surface area contributed by atoms with Crippen LogP contribution < -0.4 is 15.4 Å². The summed E-state index contributed by atoms with van der Waals surface area (Å²) in [4.78, 5) is 26.9. The number of benzene rings is 3. The highest BCUT2D eigenvalue weighted by molar-refractivity contribution is 7.92. The lowest BCUT2D eigenvalue weighted by molar-refractivity contribution is 0.0708. The Kier molecular flexibility index (Phi) is 7.36. The van der Waals surface area contributed by atoms with E-state index >= 15 is 0 Å². The number of amides is 3. The van der Waals surface area contributed by atoms with Gasteiger partial charge in [-0.15, -0.1) is 0 Å². The molecule has 0 radical (unpaired) electrons. The third-order valence-electron chi connectivity index (χ3n) is 5.95. The quantitative estimate of drug-likeness (QED) is 0.479. The fourth-order valence-electron chi connectivity index (χ4n) is 3.95. The molecule has 4 rings (SSSR count). The molecule has 3 amide bonds. The number of hydrogen-bond acceptors (Lipinski definition) is 4. The van der Waals surface area contributed by atoms with Crippen LogP contribution >= 0.6 is 0 Å². The fraction of sp³-hybridized carbons (Fsp3) is 0.231. The van der Waals surface area contributed by atoms with Crippen molar-refractivity contribution in [2.75, 3.05) is 23.1 Å². The summed E-state index contributed by atoms with van der Waals surface area (Å²) in [5.74, 6) is -0.159. The molecule has 1 heterocycles. The number of para-hydroxylation sites is 2. The van der Waals surface area contributed by atoms with Crippen LogP contribution in [0.5, 0.6) is 0 Å². The summed E-state index contributed by atoms with van der Waals surface area (Å²) in [6.07, 6.45) is 1.28. The largest absolute Gasteiger partial charge is 0.338 e. The third kappa shape index (κ3) is 6.19. The third-order valence-corrected chi connectivity index (χ3v) is 7.33. The van der Waals surface area contributed by atoms with E-state index in [-0.39, 0.29) is 22.9 Å². The number of carbonyl (C=O) groups is 2. The van der Waals surface area contributed by atoms with Gasteiger partial charge in [0.25, 0.3) is 15.9 Å². The highest BCUT2D eigenvalue weighted by Crippen LogP contribution is 2.21. The maximum Gasteiger partial charge on any atom is 0.319 e. The van der Waals surface area contributed by atoms with Gasteiger partial charge in [-0.05, 0) is 67.8 Å². The molecule has 0 aliphatic carbocycles. The molecule has 1 aliphatic heterocycles. The standard InChI is InChI=1S/C26H28N4O4S/c1-19-7-5-6-10-24(19)29-35(33,34)23-13-11-20(12-14-23)25(31)30-17-15-22(16-18-30)28-26(32)27-21-8-3-2-4-9-21/h2-14,22,29H,15-18H2,1H3,(H2,27,28,32). The number of nitrogens with zero attached hydrogens (tertiary/aromatic N) is 1. The van der Waals surface area contributed by atoms with Crippen LogP contribution in [0, 0.1) is 6.92 Å². The van der Waals surface area contributed by atoms with E-state index in [0.29, 0.717) is 37.2 Å². The van der Waals surface area contributed by atoms with Crippen molar-refractivity contribution < 1.29 is 18.0 Å². The molecule has 0 saturated carbocycles. The molecule has 1 saturated heterocycles. The predicted octanol–water partition coefficient (Wildman–Crippen LogP) is 4.22. The number of urea groups is 1. The summed E-state index contributed by atoms with van der Waals surface area (Å²) < 4.78 is 28.0. The highest BCUT2D eigenvalue weighted by Gasteiger charge is 2.25. The van der Waals surface area contributed by atoms with Crippen molar-refractivity contribution in [3.63, 3.8) is 0 Å². The molecule has 0 aromatic heterocycles. The maximum atomic E-state index is 12.9. The van der Waals surface area contributed by atoms with E-state index in [1.807, 2.05) is 49.4 Å². The van der Waals surface area contributed by atoms with Gasteiger partial charge < -0.3 is 15.5 Å². The zero-order valence-electron chi connectivity index (χ0n) is 19.4. The minimum Gasteiger partial charge on any atom is -0.338 e. The van der Waals surface area contributed by atoms with Gasteiger partial charge in [0, 0.05) is 30.4 Å². The number of rotatable bonds is 6. The Morgan fingerprint density at radius 3 is 2.14 bits per heavy atom. The molecule has 8 nitrogen and oxygen atoms in total. The number of likely N-dealkylation sites (tertiary alicyclic amines) is 1. The van der Waals surface area contributed by atoms with E-state index in [4.69, 9.17) is 0 Å². The van der Waals surface area contributed by atoms with Gasteiger partial charge in [0.15, 0.2) is 0 Å². The number of piperidine rings is 1. The van der Waals surface area contributed by atoms with Gasteiger partial charge in [0.05, 0.1) is 10.6 Å². The molecular formula is C26H28N4O4S. The lowest BCUT2D eigenvalue weighted by Crippen LogP contribution is -2.47. The molecule has 1 aliphatic rings. The fourth-order valence-corrected chi connectivity index (χ4v) is 5.08. The van der Waals surface area contributed by atoms with E-state index < -0.39 is 10.0 Å². The van der Waals surface area contributed by atoms with E-state index in [1.54, 1.807) is 17.0 Å². The number of carbonyl (C=O) groups excluding carboxylic acids is 2. The van der Waals surface area contributed by atoms with Crippen LogP contribution in [-0.2, 0) is 10.0 Å². The molecule has 0 spiro atoms. The van der Waals surface area contributed by atoms with Crippen molar-refractivity contribution in [3.05, 3.63) is 90.0 Å². The highest BCUT2D eigenvalue weighted by atomic mass is 32.2. The molecule has 0 bridgehead atoms. The number of nitrogens with one attached hydrogen (secondary N) is 3. The van der Waals surface area contributed by atoms with E-state index in [9.17, 15) is 18.0 Å². The average Bonchev–Trinajstić information content (AvgIpc) is 2.86. The van der Waals surface area contributed by atoms with E-state index in [0.717, 1.165) is 11.3 Å². The second kappa shape index (κ2) is 10.6. The Balaban J connectivity index is 1.31. The minimum atomic E-state index is -3.77. The van der Waals surface area contributed by atoms with Crippen LogP contribution in [0.15, 0.2) is 83.8 Å². The summed E-state index contributed by atoms with van der Waals surface area (Å²) >= 11 is 0. The van der Waals surface area contributed by atoms with E-state index in [2.05, 4.69) is 15.4 Å². The molecule has 9 heteroatoms. The number of hydrogen-bond donors (Lipinski definition) is 3. The normalized spacial score (nSPS) is 14.3. The SMILES string of the molecule is Cc1ccccc1NS(=O)(=O)c1ccc(C(=O)N2CCC(NC(=O)Nc3ccccc3)CC2)cc1. The first kappa shape index (κ1) is 24.3. The molecule has 1 fully saturated rings. The van der Waals surface area contributed by atoms with Crippen LogP contribution in [0.1, 0.15) is 28.8 Å². The molecule has 3 aromatic carbocycles. The smallest absolute Gasteiger partial charge is 0.319 e. The summed E-state index contributed by atoms with van der Waals surface area (Å²) in [7, 11) is -3.77. The summed E-state index contributed by atoms with van der Waals surface area (Å²) in [6.45, 7) is 2.84. The van der Waals surface area contributed by atoms with Gasteiger partial charge in [-0.25, -0.2) is 13.2 Å². The lowest BCUT2D eigenvalue weighted by atomic mass is 10.0. The molecule has 35 heavy (non-hydrogen) atoms. The zero-order chi connectivity index (χ0) is 24.8. The Labute approximate surface area is 205 Å². The van der Waals surface area contributed by atoms with Gasteiger partial charge in [-0.1, -0.05) is 36.4 Å². The Hall–Kier alpha value is -3.85. The first-order valence-corrected chi connectivity index (χ1v) is 12.9. The van der Waals surface area contributed by atoms with Crippen LogP contribution in [0.25, 0.3) is 0 Å². The summed E-state index contributed by atoms with van der Waals surface area (Å²) in [5, 5.41) is 5.75. The van der Waals surface area contributed by atoms with E-state index in [1.165, 1.54) is 24.3 Å². The molecular weight excluding hydrogens is 464 g/mol. The maximum absolute atomic E-state index is 12.9. The molecule has 3 aromatic rings. The van der Waals surface area contributed by atoms with Gasteiger partial charge in [-0.3, -0.25) is 9.52 Å². The van der Waals surface area contributed by atoms with Crippen LogP contribution in [0.4, 0.5) is 16.2 Å². The van der Waals surface area contributed by atoms with Crippen LogP contribution in [0.2, 0.25) is 0 Å². The Morgan fingerprint density at radius 2 is 1.49 bits per heavy atom. The Bertz CT molecular complexity index is 1290. The molecule has 0 atom stereocenters. The van der Waals surface area contributed by atoms with Crippen molar-refractivity contribution >= 4 is 33.3 Å². The van der Waals surface area contributed by atoms with Crippen molar-refractivity contribution in [2.24, 2.45) is 0 Å². The lowest BCUT2D eigenvalue weighted by Gasteiger charge is -2.32. The minimum absolute atomic E-state index is 0.0252. The number of anilines is 2. The van der Waals surface area contributed by atoms with Crippen molar-refractivity contribution in [1.29, 1.82) is 0 Å². The molecule has 182 valence electrons. The topological polar surface area (TPSA) is 108 Å². The second-order valence-electron chi connectivity index (χ2n) is 8.48. The van der Waals surface area contributed by atoms with Crippen molar-refractivity contribution in [1.82, 2.24) is 10.2 Å². The first-order valence-electron chi connectivity index (χ1n) is 11.4. The number of aryl methyl sites for hydroxylation is 1. The Morgan fingerprint density at radius 1 is 0.857 bits per heavy atom. The van der Waals surface area contributed by atoms with Crippen molar-refractivity contribution in [3.8, 4) is 0 Å². The summed E-state index contributed by atoms with van der Waals surface area (Å²) in [5.41, 5.74) is 2.48. The van der Waals surface area contributed by atoms with Crippen molar-refractivity contribution in [2.45, 2.75) is 30.7 Å². The van der Waals surface area contributed by atoms with Gasteiger partial charge in [-0.2, -0.15) is 0 Å². The van der Waals surface area contributed by atoms with Gasteiger partial charge in [0.2, 0.25) is 0 Å². The summed E-state index contributed by atoms with van der Waals surface area (Å²) in [6, 6.07) is 22.0. The average molecular weight is 493 g/mol. The van der Waals surface area contributed by atoms with Gasteiger partial charge >= 0.3 is 6.03 Å². The first-order chi connectivity index (χ1) is 16.8. The zero-order valence-corrected chi connectivity index (χ0v) is 20.2. The number of sulfonamides is 1.